The van der Waals surface area contributed by atoms with Crippen LogP contribution in [0.5, 0.6) is 0 Å². The number of nitrogens with one attached hydrogen (secondary N) is 1. The molecule has 0 aromatic heterocycles. The molecule has 3 nitrogen and oxygen atoms in total. The smallest absolute Gasteiger partial charge is 0.317 e. The molecule has 0 spiro atoms. The van der Waals surface area contributed by atoms with Gasteiger partial charge in [-0.1, -0.05) is 12.2 Å². The maximum absolute atomic E-state index is 10.9. The molecule has 0 aromatic rings. The Morgan fingerprint density at radius 3 is 3.00 bits per heavy atom. The minimum Gasteiger partial charge on any atom is -0.336 e. The molecule has 0 atom stereocenters. The molecule has 1 aliphatic rings. The van der Waals surface area contributed by atoms with Crippen LogP contribution in [0.4, 0.5) is 4.79 Å². The molecule has 0 saturated carbocycles. The molecular formula is C6H10N2OS. The number of carbonyl (C=O) groups is 1. The summed E-state index contributed by atoms with van der Waals surface area (Å²) in [4.78, 5) is 13.4. The highest BCUT2D eigenvalue weighted by Gasteiger charge is 2.18. The van der Waals surface area contributed by atoms with Crippen molar-refractivity contribution in [1.29, 1.82) is 0 Å². The van der Waals surface area contributed by atoms with Gasteiger partial charge in [-0.25, -0.2) is 4.79 Å². The van der Waals surface area contributed by atoms with Crippen molar-refractivity contribution in [3.63, 3.8) is 0 Å². The van der Waals surface area contributed by atoms with Crippen molar-refractivity contribution in [2.75, 3.05) is 19.6 Å². The first kappa shape index (κ1) is 7.47. The zero-order chi connectivity index (χ0) is 7.56. The first-order valence-corrected chi connectivity index (χ1v) is 3.63. The minimum absolute atomic E-state index is 0.00389. The zero-order valence-electron chi connectivity index (χ0n) is 5.89. The number of urea groups is 1. The Bertz CT molecular complexity index is 169. The van der Waals surface area contributed by atoms with Crippen molar-refractivity contribution >= 4 is 23.1 Å². The highest BCUT2D eigenvalue weighted by atomic mass is 32.1. The van der Waals surface area contributed by atoms with Crippen LogP contribution in [0.2, 0.25) is 0 Å². The lowest BCUT2D eigenvalue weighted by molar-refractivity contribution is 0.223. The van der Waals surface area contributed by atoms with Crippen LogP contribution in [-0.4, -0.2) is 35.4 Å². The van der Waals surface area contributed by atoms with E-state index in [1.807, 2.05) is 6.92 Å². The average molecular weight is 158 g/mol. The summed E-state index contributed by atoms with van der Waals surface area (Å²) in [7, 11) is 0. The molecule has 1 N–H and O–H groups in total. The van der Waals surface area contributed by atoms with Gasteiger partial charge in [0.15, 0.2) is 0 Å². The van der Waals surface area contributed by atoms with Gasteiger partial charge in [-0.3, -0.25) is 0 Å². The van der Waals surface area contributed by atoms with Gasteiger partial charge in [0.2, 0.25) is 0 Å². The van der Waals surface area contributed by atoms with Crippen LogP contribution in [0, 0.1) is 0 Å². The van der Waals surface area contributed by atoms with E-state index in [1.54, 1.807) is 4.90 Å². The molecule has 1 saturated heterocycles. The molecule has 0 aromatic carbocycles. The van der Waals surface area contributed by atoms with Crippen molar-refractivity contribution in [2.45, 2.75) is 6.92 Å². The van der Waals surface area contributed by atoms with Gasteiger partial charge in [0, 0.05) is 18.0 Å². The number of thiocarbonyl (C=S) groups is 1. The van der Waals surface area contributed by atoms with Gasteiger partial charge in [-0.2, -0.15) is 0 Å². The molecular weight excluding hydrogens is 148 g/mol. The predicted octanol–water partition coefficient (Wildman–Crippen LogP) is 0.401. The van der Waals surface area contributed by atoms with Gasteiger partial charge >= 0.3 is 6.03 Å². The third-order valence-corrected chi connectivity index (χ3v) is 1.49. The second kappa shape index (κ2) is 2.96. The Kier molecular flexibility index (Phi) is 2.21. The van der Waals surface area contributed by atoms with Gasteiger partial charge in [0.25, 0.3) is 0 Å². The number of amides is 2. The van der Waals surface area contributed by atoms with E-state index in [1.165, 1.54) is 0 Å². The summed E-state index contributed by atoms with van der Waals surface area (Å²) in [5.74, 6) is 0. The lowest BCUT2D eigenvalue weighted by Crippen LogP contribution is -2.31. The first-order valence-electron chi connectivity index (χ1n) is 3.22. The Morgan fingerprint density at radius 1 is 1.90 bits per heavy atom. The second-order valence-corrected chi connectivity index (χ2v) is 3.05. The van der Waals surface area contributed by atoms with Crippen LogP contribution in [-0.2, 0) is 0 Å². The first-order chi connectivity index (χ1) is 4.70. The van der Waals surface area contributed by atoms with Gasteiger partial charge in [0.1, 0.15) is 0 Å². The summed E-state index contributed by atoms with van der Waals surface area (Å²) >= 11 is 4.86. The van der Waals surface area contributed by atoms with Gasteiger partial charge in [-0.15, -0.1) is 0 Å². The van der Waals surface area contributed by atoms with Crippen LogP contribution in [0.15, 0.2) is 0 Å². The van der Waals surface area contributed by atoms with Crippen molar-refractivity contribution in [2.24, 2.45) is 0 Å². The molecule has 1 heterocycles. The predicted molar refractivity (Wildman–Crippen MR) is 43.2 cm³/mol. The van der Waals surface area contributed by atoms with E-state index >= 15 is 0 Å². The van der Waals surface area contributed by atoms with Crippen molar-refractivity contribution in [3.05, 3.63) is 0 Å². The minimum atomic E-state index is 0.00389. The third-order valence-electron chi connectivity index (χ3n) is 1.36. The van der Waals surface area contributed by atoms with E-state index in [4.69, 9.17) is 12.2 Å². The number of hydrogen-bond acceptors (Lipinski definition) is 2. The Balaban J connectivity index is 2.40. The summed E-state index contributed by atoms with van der Waals surface area (Å²) < 4.78 is 0. The monoisotopic (exact) mass is 158 g/mol. The molecule has 2 amide bonds. The van der Waals surface area contributed by atoms with Gasteiger partial charge in [0.05, 0.1) is 6.54 Å². The fourth-order valence-corrected chi connectivity index (χ4v) is 1.09. The molecule has 0 bridgehead atoms. The number of nitrogens with zero attached hydrogens (tertiary/aromatic N) is 1. The molecule has 1 rings (SSSR count). The summed E-state index contributed by atoms with van der Waals surface area (Å²) in [6, 6.07) is 0.00389. The van der Waals surface area contributed by atoms with Crippen LogP contribution in [0.1, 0.15) is 6.92 Å². The Labute approximate surface area is 65.4 Å². The van der Waals surface area contributed by atoms with E-state index in [0.29, 0.717) is 6.54 Å². The molecule has 4 heteroatoms. The largest absolute Gasteiger partial charge is 0.336 e. The quantitative estimate of drug-likeness (QED) is 0.590. The number of rotatable bonds is 2. The molecule has 0 aliphatic carbocycles. The summed E-state index contributed by atoms with van der Waals surface area (Å²) in [5.41, 5.74) is 0. The van der Waals surface area contributed by atoms with Crippen molar-refractivity contribution in [3.8, 4) is 0 Å². The number of carbonyl (C=O) groups excluding carboxylic acids is 1. The lowest BCUT2D eigenvalue weighted by atomic mass is 10.4. The lowest BCUT2D eigenvalue weighted by Gasteiger charge is -2.11. The van der Waals surface area contributed by atoms with Crippen molar-refractivity contribution < 1.29 is 4.79 Å². The van der Waals surface area contributed by atoms with Gasteiger partial charge < -0.3 is 10.2 Å². The standard InChI is InChI=1S/C6H10N2OS/c1-5(10)4-8-3-2-7-6(8)9/h2-4H2,1H3,(H,7,9). The van der Waals surface area contributed by atoms with Crippen LogP contribution in [0.3, 0.4) is 0 Å². The normalized spacial score (nSPS) is 17.3. The topological polar surface area (TPSA) is 32.3 Å². The maximum atomic E-state index is 10.9. The van der Waals surface area contributed by atoms with E-state index in [9.17, 15) is 4.79 Å². The van der Waals surface area contributed by atoms with E-state index < -0.39 is 0 Å². The molecule has 56 valence electrons. The Morgan fingerprint density at radius 2 is 2.60 bits per heavy atom. The second-order valence-electron chi connectivity index (χ2n) is 2.36. The molecule has 0 radical (unpaired) electrons. The number of hydrogen-bond donors (Lipinski definition) is 1. The fourth-order valence-electron chi connectivity index (χ4n) is 0.931. The van der Waals surface area contributed by atoms with Crippen molar-refractivity contribution in [1.82, 2.24) is 10.2 Å². The van der Waals surface area contributed by atoms with Crippen LogP contribution < -0.4 is 5.32 Å². The van der Waals surface area contributed by atoms with E-state index in [0.717, 1.165) is 18.0 Å². The highest BCUT2D eigenvalue weighted by molar-refractivity contribution is 7.80. The molecule has 1 aliphatic heterocycles. The van der Waals surface area contributed by atoms with E-state index in [2.05, 4.69) is 5.32 Å². The summed E-state index contributed by atoms with van der Waals surface area (Å²) in [6.45, 7) is 4.00. The molecule has 1 fully saturated rings. The molecule has 10 heavy (non-hydrogen) atoms. The summed E-state index contributed by atoms with van der Waals surface area (Å²) in [5, 5.41) is 2.70. The average Bonchev–Trinajstić information content (AvgIpc) is 2.15. The van der Waals surface area contributed by atoms with Crippen LogP contribution >= 0.6 is 12.2 Å². The summed E-state index contributed by atoms with van der Waals surface area (Å²) in [6.07, 6.45) is 0. The third kappa shape index (κ3) is 1.67. The Hall–Kier alpha value is -0.640. The van der Waals surface area contributed by atoms with E-state index in [-0.39, 0.29) is 6.03 Å². The zero-order valence-corrected chi connectivity index (χ0v) is 6.70. The van der Waals surface area contributed by atoms with Gasteiger partial charge in [-0.05, 0) is 6.92 Å². The maximum Gasteiger partial charge on any atom is 0.317 e. The fraction of sp³-hybridized carbons (Fsp3) is 0.667. The molecule has 0 unspecified atom stereocenters. The SMILES string of the molecule is CC(=S)CN1CCNC1=O. The highest BCUT2D eigenvalue weighted by Crippen LogP contribution is 1.96. The van der Waals surface area contributed by atoms with Crippen LogP contribution in [0.25, 0.3) is 0 Å².